The molecule has 1 unspecified atom stereocenters. The summed E-state index contributed by atoms with van der Waals surface area (Å²) >= 11 is 0. The van der Waals surface area contributed by atoms with Crippen LogP contribution in [0.5, 0.6) is 0 Å². The molecule has 0 aliphatic rings. The zero-order valence-corrected chi connectivity index (χ0v) is 15.7. The number of esters is 1. The second-order valence-electron chi connectivity index (χ2n) is 6.11. The van der Waals surface area contributed by atoms with Gasteiger partial charge in [-0.25, -0.2) is 4.79 Å². The molecule has 7 nitrogen and oxygen atoms in total. The van der Waals surface area contributed by atoms with Crippen molar-refractivity contribution in [3.05, 3.63) is 46.7 Å². The van der Waals surface area contributed by atoms with Crippen LogP contribution >= 0.6 is 0 Å². The third-order valence-corrected chi connectivity index (χ3v) is 4.32. The molecule has 0 fully saturated rings. The molecule has 2 aromatic rings. The van der Waals surface area contributed by atoms with Crippen LogP contribution < -0.4 is 0 Å². The summed E-state index contributed by atoms with van der Waals surface area (Å²) in [7, 11) is 0. The van der Waals surface area contributed by atoms with Gasteiger partial charge in [-0.15, -0.1) is 0 Å². The number of hydrogen-bond donors (Lipinski definition) is 1. The van der Waals surface area contributed by atoms with Gasteiger partial charge in [0.2, 0.25) is 5.91 Å². The molecule has 1 amide bonds. The predicted molar refractivity (Wildman–Crippen MR) is 94.9 cm³/mol. The Morgan fingerprint density at radius 2 is 2.00 bits per heavy atom. The fourth-order valence-corrected chi connectivity index (χ4v) is 2.97. The Morgan fingerprint density at radius 1 is 1.31 bits per heavy atom. The maximum Gasteiger partial charge on any atom is 0.355 e. The van der Waals surface area contributed by atoms with E-state index in [1.54, 1.807) is 39.8 Å². The van der Waals surface area contributed by atoms with Crippen LogP contribution in [0, 0.1) is 13.8 Å². The lowest BCUT2D eigenvalue weighted by molar-refractivity contribution is -0.131. The van der Waals surface area contributed by atoms with E-state index in [4.69, 9.17) is 9.15 Å². The number of aromatic amines is 1. The number of carbonyl (C=O) groups is 3. The molecule has 0 aromatic carbocycles. The van der Waals surface area contributed by atoms with Crippen LogP contribution in [-0.4, -0.2) is 40.2 Å². The molecule has 0 saturated carbocycles. The third-order valence-electron chi connectivity index (χ3n) is 4.32. The Kier molecular flexibility index (Phi) is 6.02. The highest BCUT2D eigenvalue weighted by molar-refractivity contribution is 6.06. The number of ketones is 1. The summed E-state index contributed by atoms with van der Waals surface area (Å²) in [4.78, 5) is 41.5. The van der Waals surface area contributed by atoms with E-state index < -0.39 is 12.0 Å². The number of aromatic nitrogens is 1. The number of ether oxygens (including phenoxy) is 1. The highest BCUT2D eigenvalue weighted by Crippen LogP contribution is 2.23. The molecule has 0 spiro atoms. The van der Waals surface area contributed by atoms with Crippen molar-refractivity contribution in [3.63, 3.8) is 0 Å². The largest absolute Gasteiger partial charge is 0.467 e. The van der Waals surface area contributed by atoms with Gasteiger partial charge in [-0.05, 0) is 45.4 Å². The Morgan fingerprint density at radius 3 is 2.54 bits per heavy atom. The Bertz CT molecular complexity index is 804. The van der Waals surface area contributed by atoms with Crippen LogP contribution in [0.2, 0.25) is 0 Å². The summed E-state index contributed by atoms with van der Waals surface area (Å²) in [6.07, 6.45) is 1.52. The van der Waals surface area contributed by atoms with Gasteiger partial charge in [-0.2, -0.15) is 0 Å². The van der Waals surface area contributed by atoms with Gasteiger partial charge < -0.3 is 19.0 Å². The van der Waals surface area contributed by atoms with Crippen LogP contribution in [0.3, 0.4) is 0 Å². The van der Waals surface area contributed by atoms with Crippen molar-refractivity contribution in [2.45, 2.75) is 47.2 Å². The Hall–Kier alpha value is -2.83. The first kappa shape index (κ1) is 19.5. The minimum atomic E-state index is -0.708. The Balaban J connectivity index is 2.31. The molecule has 2 heterocycles. The minimum absolute atomic E-state index is 0.197. The van der Waals surface area contributed by atoms with Crippen LogP contribution in [0.1, 0.15) is 58.6 Å². The molecule has 0 radical (unpaired) electrons. The number of amides is 1. The molecule has 0 aliphatic heterocycles. The lowest BCUT2D eigenvalue weighted by Crippen LogP contribution is -2.41. The molecule has 1 atom stereocenters. The van der Waals surface area contributed by atoms with Crippen LogP contribution in [-0.2, 0) is 16.1 Å². The molecule has 0 aliphatic carbocycles. The standard InChI is InChI=1S/C19H24N2O5/c1-6-25-19(24)17-11(2)16(12(3)20-17)18(23)13(4)21(14(5)22)10-15-8-7-9-26-15/h7-9,13,20H,6,10H2,1-5H3. The van der Waals surface area contributed by atoms with Gasteiger partial charge in [-0.3, -0.25) is 9.59 Å². The summed E-state index contributed by atoms with van der Waals surface area (Å²) in [6.45, 7) is 8.66. The van der Waals surface area contributed by atoms with Gasteiger partial charge in [0.05, 0.1) is 25.5 Å². The molecule has 0 bridgehead atoms. The van der Waals surface area contributed by atoms with Gasteiger partial charge in [0.15, 0.2) is 5.78 Å². The van der Waals surface area contributed by atoms with Crippen LogP contribution in [0.15, 0.2) is 22.8 Å². The fraction of sp³-hybridized carbons (Fsp3) is 0.421. The van der Waals surface area contributed by atoms with Crippen LogP contribution in [0.25, 0.3) is 0 Å². The van der Waals surface area contributed by atoms with Crippen LogP contribution in [0.4, 0.5) is 0 Å². The number of H-pyrrole nitrogens is 1. The summed E-state index contributed by atoms with van der Waals surface area (Å²) in [5.74, 6) is -0.388. The molecule has 0 saturated heterocycles. The van der Waals surface area contributed by atoms with Gasteiger partial charge >= 0.3 is 5.97 Å². The second kappa shape index (κ2) is 8.03. The first-order valence-corrected chi connectivity index (χ1v) is 8.48. The van der Waals surface area contributed by atoms with Gasteiger partial charge in [-0.1, -0.05) is 0 Å². The molecule has 140 valence electrons. The molecule has 26 heavy (non-hydrogen) atoms. The van der Waals surface area contributed by atoms with Crippen molar-refractivity contribution in [3.8, 4) is 0 Å². The number of carbonyl (C=O) groups excluding carboxylic acids is 3. The van der Waals surface area contributed by atoms with E-state index in [0.29, 0.717) is 22.6 Å². The summed E-state index contributed by atoms with van der Waals surface area (Å²) in [5.41, 5.74) is 1.77. The zero-order chi connectivity index (χ0) is 19.4. The van der Waals surface area contributed by atoms with E-state index in [1.807, 2.05) is 0 Å². The van der Waals surface area contributed by atoms with Gasteiger partial charge in [0.1, 0.15) is 11.5 Å². The van der Waals surface area contributed by atoms with Gasteiger partial charge in [0, 0.05) is 18.2 Å². The minimum Gasteiger partial charge on any atom is -0.467 e. The SMILES string of the molecule is CCOC(=O)c1[nH]c(C)c(C(=O)C(C)N(Cc2ccco2)C(C)=O)c1C. The molecule has 1 N–H and O–H groups in total. The van der Waals surface area contributed by atoms with E-state index in [0.717, 1.165) is 0 Å². The average Bonchev–Trinajstić information content (AvgIpc) is 3.19. The molecule has 7 heteroatoms. The van der Waals surface area contributed by atoms with E-state index in [1.165, 1.54) is 18.1 Å². The average molecular weight is 360 g/mol. The number of furan rings is 1. The molecular formula is C19H24N2O5. The number of Topliss-reactive ketones (excluding diaryl/α,β-unsaturated/α-hetero) is 1. The van der Waals surface area contributed by atoms with E-state index >= 15 is 0 Å². The quantitative estimate of drug-likeness (QED) is 0.605. The zero-order valence-electron chi connectivity index (χ0n) is 15.7. The third kappa shape index (κ3) is 3.87. The number of rotatable bonds is 7. The number of hydrogen-bond acceptors (Lipinski definition) is 5. The topological polar surface area (TPSA) is 92.6 Å². The van der Waals surface area contributed by atoms with E-state index in [2.05, 4.69) is 4.98 Å². The second-order valence-corrected chi connectivity index (χ2v) is 6.11. The Labute approximate surface area is 152 Å². The predicted octanol–water partition coefficient (Wildman–Crippen LogP) is 3.02. The van der Waals surface area contributed by atoms with Crippen molar-refractivity contribution in [2.24, 2.45) is 0 Å². The molecular weight excluding hydrogens is 336 g/mol. The number of aryl methyl sites for hydroxylation is 1. The smallest absolute Gasteiger partial charge is 0.355 e. The lowest BCUT2D eigenvalue weighted by atomic mass is 9.99. The van der Waals surface area contributed by atoms with Crippen molar-refractivity contribution in [2.75, 3.05) is 6.61 Å². The normalized spacial score (nSPS) is 11.9. The van der Waals surface area contributed by atoms with Crippen molar-refractivity contribution in [1.82, 2.24) is 9.88 Å². The summed E-state index contributed by atoms with van der Waals surface area (Å²) < 4.78 is 10.3. The number of nitrogens with zero attached hydrogens (tertiary/aromatic N) is 1. The van der Waals surface area contributed by atoms with Crippen molar-refractivity contribution < 1.29 is 23.5 Å². The monoisotopic (exact) mass is 360 g/mol. The first-order chi connectivity index (χ1) is 12.3. The summed E-state index contributed by atoms with van der Waals surface area (Å²) in [6, 6.07) is 2.77. The highest BCUT2D eigenvalue weighted by atomic mass is 16.5. The molecule has 2 rings (SSSR count). The maximum absolute atomic E-state index is 13.1. The van der Waals surface area contributed by atoms with Gasteiger partial charge in [0.25, 0.3) is 0 Å². The number of nitrogens with one attached hydrogen (secondary N) is 1. The molecule has 2 aromatic heterocycles. The fourth-order valence-electron chi connectivity index (χ4n) is 2.97. The van der Waals surface area contributed by atoms with E-state index in [-0.39, 0.29) is 30.5 Å². The van der Waals surface area contributed by atoms with E-state index in [9.17, 15) is 14.4 Å². The van der Waals surface area contributed by atoms with Crippen molar-refractivity contribution in [1.29, 1.82) is 0 Å². The maximum atomic E-state index is 13.1. The lowest BCUT2D eigenvalue weighted by Gasteiger charge is -2.26. The highest BCUT2D eigenvalue weighted by Gasteiger charge is 2.30. The van der Waals surface area contributed by atoms with Crippen molar-refractivity contribution >= 4 is 17.7 Å². The summed E-state index contributed by atoms with van der Waals surface area (Å²) in [5, 5.41) is 0. The first-order valence-electron chi connectivity index (χ1n) is 8.48.